The van der Waals surface area contributed by atoms with Crippen LogP contribution in [-0.2, 0) is 12.6 Å². The van der Waals surface area contributed by atoms with E-state index in [1.807, 2.05) is 0 Å². The van der Waals surface area contributed by atoms with Gasteiger partial charge in [0.15, 0.2) is 4.90 Å². The molecule has 1 aromatic carbocycles. The monoisotopic (exact) mass is 298 g/mol. The van der Waals surface area contributed by atoms with Crippen LogP contribution >= 0.6 is 7.81 Å². The quantitative estimate of drug-likeness (QED) is 0.343. The molecule has 0 saturated carbocycles. The van der Waals surface area contributed by atoms with Crippen LogP contribution in [0.25, 0.3) is 0 Å². The predicted octanol–water partition coefficient (Wildman–Crippen LogP) is 5.36. The number of hydrogen-bond acceptors (Lipinski definition) is 0. The van der Waals surface area contributed by atoms with E-state index < -0.39 is 7.81 Å². The molecule has 0 heterocycles. The molecule has 0 N–H and O–H groups in total. The summed E-state index contributed by atoms with van der Waals surface area (Å²) in [6, 6.07) is 4.22. The third-order valence-electron chi connectivity index (χ3n) is 2.06. The van der Waals surface area contributed by atoms with Gasteiger partial charge >= 0.3 is 33.0 Å². The maximum atomic E-state index is 9.87. The van der Waals surface area contributed by atoms with Crippen molar-refractivity contribution in [3.8, 4) is 0 Å². The van der Waals surface area contributed by atoms with Crippen molar-refractivity contribution >= 4 is 20.4 Å². The van der Waals surface area contributed by atoms with E-state index in [1.165, 1.54) is 21.6 Å². The van der Waals surface area contributed by atoms with Gasteiger partial charge in [0.2, 0.25) is 0 Å². The minimum atomic E-state index is -10.7. The Morgan fingerprint density at radius 3 is 1.47 bits per heavy atom. The molecule has 0 aromatic heterocycles. The number of rotatable bonds is 0. The summed E-state index contributed by atoms with van der Waals surface area (Å²) >= 11 is 3.53. The van der Waals surface area contributed by atoms with Crippen molar-refractivity contribution in [1.82, 2.24) is 0 Å². The summed E-state index contributed by atoms with van der Waals surface area (Å²) in [6.07, 6.45) is 0. The average Bonchev–Trinajstić information content (AvgIpc) is 2.03. The van der Waals surface area contributed by atoms with Crippen LogP contribution in [0.1, 0.15) is 16.7 Å². The second-order valence-electron chi connectivity index (χ2n) is 3.64. The normalized spacial score (nSPS) is 15.4. The van der Waals surface area contributed by atoms with Gasteiger partial charge in [-0.15, -0.1) is 0 Å². The maximum absolute atomic E-state index is 10.7. The summed E-state index contributed by atoms with van der Waals surface area (Å²) in [5.41, 5.74) is 4.09. The Morgan fingerprint density at radius 1 is 0.824 bits per heavy atom. The molecule has 0 amide bonds. The van der Waals surface area contributed by atoms with Gasteiger partial charge in [0, 0.05) is 5.56 Å². The molecule has 0 spiro atoms. The zero-order chi connectivity index (χ0) is 14.1. The standard InChI is InChI=1S/C9H12S.F6P/c1-6-4-5-9(10)8(3)7(6)2;1-7(2,3,4,5)6/h4-5,10H,1-3H3;/q;-1/p+1. The van der Waals surface area contributed by atoms with E-state index >= 15 is 0 Å². The van der Waals surface area contributed by atoms with Crippen LogP contribution in [0.15, 0.2) is 17.0 Å². The van der Waals surface area contributed by atoms with Gasteiger partial charge in [-0.1, -0.05) is 6.07 Å². The first-order valence-electron chi connectivity index (χ1n) is 4.42. The topological polar surface area (TPSA) is 0 Å². The van der Waals surface area contributed by atoms with Crippen LogP contribution in [0, 0.1) is 20.8 Å². The molecule has 0 unspecified atom stereocenters. The molecule has 102 valence electrons. The molecule has 0 bridgehead atoms. The summed E-state index contributed by atoms with van der Waals surface area (Å²) in [4.78, 5) is 1.20. The van der Waals surface area contributed by atoms with Crippen LogP contribution in [-0.4, -0.2) is 0 Å². The van der Waals surface area contributed by atoms with E-state index in [2.05, 4.69) is 45.5 Å². The number of hydrogen-bond donors (Lipinski definition) is 0. The van der Waals surface area contributed by atoms with Crippen LogP contribution in [0.3, 0.4) is 0 Å². The third-order valence-corrected chi connectivity index (χ3v) is 2.60. The summed E-state index contributed by atoms with van der Waals surface area (Å²) in [6.45, 7) is 6.41. The van der Waals surface area contributed by atoms with Gasteiger partial charge < -0.3 is 0 Å². The first kappa shape index (κ1) is 16.6. The van der Waals surface area contributed by atoms with E-state index in [-0.39, 0.29) is 0 Å². The molecule has 0 aliphatic carbocycles. The van der Waals surface area contributed by atoms with Gasteiger partial charge in [-0.05, 0) is 50.6 Å². The Morgan fingerprint density at radius 2 is 1.18 bits per heavy atom. The molecule has 0 aliphatic heterocycles. The van der Waals surface area contributed by atoms with Crippen LogP contribution in [0.4, 0.5) is 25.2 Å². The van der Waals surface area contributed by atoms with E-state index in [0.717, 1.165) is 0 Å². The van der Waals surface area contributed by atoms with Crippen LogP contribution in [0.2, 0.25) is 0 Å². The second kappa shape index (κ2) is 4.05. The first-order chi connectivity index (χ1) is 7.08. The molecule has 0 radical (unpaired) electrons. The van der Waals surface area contributed by atoms with Gasteiger partial charge in [0.05, 0.1) is 0 Å². The van der Waals surface area contributed by atoms with E-state index in [9.17, 15) is 25.2 Å². The van der Waals surface area contributed by atoms with Crippen molar-refractivity contribution in [2.75, 3.05) is 0 Å². The van der Waals surface area contributed by atoms with Crippen LogP contribution in [0.5, 0.6) is 0 Å². The van der Waals surface area contributed by atoms with Crippen LogP contribution < -0.4 is 0 Å². The molecule has 0 aliphatic rings. The fraction of sp³-hybridized carbons (Fsp3) is 0.333. The van der Waals surface area contributed by atoms with Crippen molar-refractivity contribution in [3.05, 3.63) is 28.8 Å². The Bertz CT molecular complexity index is 383. The number of aryl methyl sites for hydroxylation is 1. The zero-order valence-corrected chi connectivity index (χ0v) is 11.3. The SMILES string of the molecule is Cc1ccc([SH2+])c(C)c1C.F[P-](F)(F)(F)(F)F. The molecule has 0 fully saturated rings. The molecular weight excluding hydrogens is 285 g/mol. The molecule has 0 saturated heterocycles. The summed E-state index contributed by atoms with van der Waals surface area (Å²) in [7, 11) is -10.7. The third kappa shape index (κ3) is 10.5. The van der Waals surface area contributed by atoms with Gasteiger partial charge in [0.25, 0.3) is 0 Å². The fourth-order valence-corrected chi connectivity index (χ4v) is 1.23. The van der Waals surface area contributed by atoms with Crippen molar-refractivity contribution in [2.45, 2.75) is 25.7 Å². The van der Waals surface area contributed by atoms with Gasteiger partial charge in [0.1, 0.15) is 0 Å². The molecular formula is C9H13F6PS. The van der Waals surface area contributed by atoms with E-state index in [1.54, 1.807) is 0 Å². The molecule has 0 atom stereocenters. The Hall–Kier alpha value is -0.420. The summed E-state index contributed by atoms with van der Waals surface area (Å²) < 4.78 is 59.2. The molecule has 1 rings (SSSR count). The average molecular weight is 298 g/mol. The molecule has 8 heteroatoms. The summed E-state index contributed by atoms with van der Waals surface area (Å²) in [5.74, 6) is 0. The van der Waals surface area contributed by atoms with Gasteiger partial charge in [-0.25, -0.2) is 0 Å². The zero-order valence-electron chi connectivity index (χ0n) is 9.37. The Kier molecular flexibility index (Phi) is 3.95. The van der Waals surface area contributed by atoms with Gasteiger partial charge in [-0.2, -0.15) is 0 Å². The van der Waals surface area contributed by atoms with Crippen molar-refractivity contribution < 1.29 is 25.2 Å². The van der Waals surface area contributed by atoms with Crippen molar-refractivity contribution in [1.29, 1.82) is 0 Å². The van der Waals surface area contributed by atoms with Crippen molar-refractivity contribution in [3.63, 3.8) is 0 Å². The molecule has 1 aromatic rings. The van der Waals surface area contributed by atoms with Crippen molar-refractivity contribution in [2.24, 2.45) is 0 Å². The Balaban J connectivity index is 0.000000325. The van der Waals surface area contributed by atoms with E-state index in [4.69, 9.17) is 0 Å². The van der Waals surface area contributed by atoms with E-state index in [0.29, 0.717) is 0 Å². The molecule has 0 nitrogen and oxygen atoms in total. The van der Waals surface area contributed by atoms with Gasteiger partial charge in [-0.3, -0.25) is 0 Å². The summed E-state index contributed by atoms with van der Waals surface area (Å²) in [5, 5.41) is 0. The second-order valence-corrected chi connectivity index (χ2v) is 6.09. The Labute approximate surface area is 101 Å². The number of benzene rings is 1. The molecule has 17 heavy (non-hydrogen) atoms. The minimum absolute atomic E-state index is 1.20. The fourth-order valence-electron chi connectivity index (χ4n) is 0.956. The number of halogens is 6. The predicted molar refractivity (Wildman–Crippen MR) is 62.6 cm³/mol. The first-order valence-corrected chi connectivity index (χ1v) is 6.95.